The van der Waals surface area contributed by atoms with Crippen LogP contribution >= 0.6 is 0 Å². The Morgan fingerprint density at radius 2 is 1.58 bits per heavy atom. The van der Waals surface area contributed by atoms with Crippen LogP contribution < -0.4 is 4.74 Å². The van der Waals surface area contributed by atoms with Crippen molar-refractivity contribution >= 4 is 21.8 Å². The summed E-state index contributed by atoms with van der Waals surface area (Å²) in [6.45, 7) is 5.89. The molecule has 7 heteroatoms. The summed E-state index contributed by atoms with van der Waals surface area (Å²) in [5.74, 6) is 0.978. The second kappa shape index (κ2) is 14.9. The number of esters is 2. The Labute approximate surface area is 227 Å². The van der Waals surface area contributed by atoms with Crippen molar-refractivity contribution in [1.82, 2.24) is 0 Å². The van der Waals surface area contributed by atoms with E-state index in [2.05, 4.69) is 25.6 Å². The SMILES string of the molecule is C=CC(=O)OCCCCCCS(=O)(=O)c1ccc(C(=O)Oc2ccc(C3CCC(CCC)CC3)cc2)cc1. The molecule has 1 aliphatic carbocycles. The van der Waals surface area contributed by atoms with Crippen molar-refractivity contribution in [3.63, 3.8) is 0 Å². The maximum Gasteiger partial charge on any atom is 0.343 e. The van der Waals surface area contributed by atoms with Crippen molar-refractivity contribution < 1.29 is 27.5 Å². The molecule has 0 aromatic heterocycles. The first-order valence-electron chi connectivity index (χ1n) is 13.8. The molecular formula is C31H40O6S. The molecule has 0 heterocycles. The smallest absolute Gasteiger partial charge is 0.343 e. The molecule has 0 aliphatic heterocycles. The Hall–Kier alpha value is -2.93. The van der Waals surface area contributed by atoms with E-state index in [1.807, 2.05) is 12.1 Å². The van der Waals surface area contributed by atoms with E-state index in [0.29, 0.717) is 43.1 Å². The number of ether oxygens (including phenoxy) is 2. The minimum atomic E-state index is -3.44. The summed E-state index contributed by atoms with van der Waals surface area (Å²) in [4.78, 5) is 23.8. The van der Waals surface area contributed by atoms with Crippen LogP contribution in [0.5, 0.6) is 5.75 Å². The third kappa shape index (κ3) is 9.12. The summed E-state index contributed by atoms with van der Waals surface area (Å²) >= 11 is 0. The standard InChI is InChI=1S/C31H40O6S/c1-3-9-24-10-12-25(13-11-24)26-14-18-28(19-15-26)37-31(33)27-16-20-29(21-17-27)38(34,35)23-8-6-5-7-22-36-30(32)4-2/h4,14-21,24-25H,2-3,5-13,22-23H2,1H3. The summed E-state index contributed by atoms with van der Waals surface area (Å²) in [6.07, 6.45) is 11.4. The molecule has 1 saturated carbocycles. The van der Waals surface area contributed by atoms with Gasteiger partial charge in [-0.3, -0.25) is 0 Å². The average molecular weight is 541 g/mol. The molecule has 0 bridgehead atoms. The Morgan fingerprint density at radius 3 is 2.21 bits per heavy atom. The fraction of sp³-hybridized carbons (Fsp3) is 0.484. The van der Waals surface area contributed by atoms with Crippen LogP contribution in [0.25, 0.3) is 0 Å². The highest BCUT2D eigenvalue weighted by Crippen LogP contribution is 2.37. The van der Waals surface area contributed by atoms with Crippen LogP contribution in [0.3, 0.4) is 0 Å². The number of unbranched alkanes of at least 4 members (excludes halogenated alkanes) is 3. The fourth-order valence-electron chi connectivity index (χ4n) is 5.06. The Balaban J connectivity index is 1.44. The van der Waals surface area contributed by atoms with Gasteiger partial charge in [-0.05, 0) is 92.3 Å². The lowest BCUT2D eigenvalue weighted by Crippen LogP contribution is -2.13. The number of benzene rings is 2. The van der Waals surface area contributed by atoms with Crippen molar-refractivity contribution in [1.29, 1.82) is 0 Å². The van der Waals surface area contributed by atoms with E-state index < -0.39 is 21.8 Å². The lowest BCUT2D eigenvalue weighted by atomic mass is 9.77. The van der Waals surface area contributed by atoms with E-state index in [-0.39, 0.29) is 10.6 Å². The lowest BCUT2D eigenvalue weighted by molar-refractivity contribution is -0.137. The van der Waals surface area contributed by atoms with Gasteiger partial charge in [0.05, 0.1) is 22.8 Å². The van der Waals surface area contributed by atoms with Crippen LogP contribution in [0.15, 0.2) is 66.1 Å². The monoisotopic (exact) mass is 540 g/mol. The van der Waals surface area contributed by atoms with Crippen molar-refractivity contribution in [2.45, 2.75) is 81.9 Å². The van der Waals surface area contributed by atoms with Gasteiger partial charge in [0, 0.05) is 6.08 Å². The Kier molecular flexibility index (Phi) is 11.6. The van der Waals surface area contributed by atoms with Gasteiger partial charge >= 0.3 is 11.9 Å². The predicted molar refractivity (Wildman–Crippen MR) is 149 cm³/mol. The van der Waals surface area contributed by atoms with E-state index in [1.165, 1.54) is 68.4 Å². The molecule has 0 saturated heterocycles. The minimum absolute atomic E-state index is 0.0237. The van der Waals surface area contributed by atoms with E-state index in [9.17, 15) is 18.0 Å². The molecule has 206 valence electrons. The number of hydrogen-bond donors (Lipinski definition) is 0. The van der Waals surface area contributed by atoms with Gasteiger partial charge in [0.15, 0.2) is 9.84 Å². The second-order valence-electron chi connectivity index (χ2n) is 10.1. The Morgan fingerprint density at radius 1 is 0.921 bits per heavy atom. The van der Waals surface area contributed by atoms with Gasteiger partial charge in [-0.25, -0.2) is 18.0 Å². The van der Waals surface area contributed by atoms with Gasteiger partial charge in [-0.2, -0.15) is 0 Å². The zero-order valence-corrected chi connectivity index (χ0v) is 23.2. The van der Waals surface area contributed by atoms with Crippen LogP contribution in [0, 0.1) is 5.92 Å². The van der Waals surface area contributed by atoms with Crippen LogP contribution in [0.2, 0.25) is 0 Å². The molecule has 0 spiro atoms. The zero-order valence-electron chi connectivity index (χ0n) is 22.4. The molecule has 1 fully saturated rings. The van der Waals surface area contributed by atoms with Crippen LogP contribution in [0.1, 0.15) is 93.0 Å². The molecule has 1 aliphatic rings. The minimum Gasteiger partial charge on any atom is -0.463 e. The molecule has 3 rings (SSSR count). The highest BCUT2D eigenvalue weighted by Gasteiger charge is 2.22. The summed E-state index contributed by atoms with van der Waals surface area (Å²) in [5.41, 5.74) is 1.60. The highest BCUT2D eigenvalue weighted by molar-refractivity contribution is 7.91. The quantitative estimate of drug-likeness (QED) is 0.111. The summed E-state index contributed by atoms with van der Waals surface area (Å²) < 4.78 is 35.7. The number of carbonyl (C=O) groups is 2. The maximum absolute atomic E-state index is 12.6. The number of carbonyl (C=O) groups excluding carboxylic acids is 2. The molecule has 0 amide bonds. The summed E-state index contributed by atoms with van der Waals surface area (Å²) in [6, 6.07) is 13.7. The van der Waals surface area contributed by atoms with E-state index in [4.69, 9.17) is 9.47 Å². The molecule has 6 nitrogen and oxygen atoms in total. The highest BCUT2D eigenvalue weighted by atomic mass is 32.2. The second-order valence-corrected chi connectivity index (χ2v) is 12.2. The van der Waals surface area contributed by atoms with E-state index in [1.54, 1.807) is 0 Å². The van der Waals surface area contributed by atoms with Crippen LogP contribution in [-0.2, 0) is 19.4 Å². The summed E-state index contributed by atoms with van der Waals surface area (Å²) in [5, 5.41) is 0. The zero-order chi connectivity index (χ0) is 27.4. The molecule has 0 N–H and O–H groups in total. The Bertz CT molecular complexity index is 1140. The first-order chi connectivity index (χ1) is 18.3. The first-order valence-corrected chi connectivity index (χ1v) is 15.4. The maximum atomic E-state index is 12.6. The van der Waals surface area contributed by atoms with E-state index in [0.717, 1.165) is 18.4 Å². The summed E-state index contributed by atoms with van der Waals surface area (Å²) in [7, 11) is -3.44. The van der Waals surface area contributed by atoms with Crippen molar-refractivity contribution in [3.8, 4) is 5.75 Å². The van der Waals surface area contributed by atoms with Crippen molar-refractivity contribution in [3.05, 3.63) is 72.3 Å². The van der Waals surface area contributed by atoms with Gasteiger partial charge in [0.2, 0.25) is 0 Å². The number of hydrogen-bond acceptors (Lipinski definition) is 6. The largest absolute Gasteiger partial charge is 0.463 e. The van der Waals surface area contributed by atoms with E-state index >= 15 is 0 Å². The average Bonchev–Trinajstić information content (AvgIpc) is 2.93. The lowest BCUT2D eigenvalue weighted by Gasteiger charge is -2.28. The van der Waals surface area contributed by atoms with Gasteiger partial charge in [-0.1, -0.05) is 51.3 Å². The third-order valence-electron chi connectivity index (χ3n) is 7.27. The first kappa shape index (κ1) is 29.6. The molecular weight excluding hydrogens is 500 g/mol. The van der Waals surface area contributed by atoms with Gasteiger partial charge in [0.1, 0.15) is 5.75 Å². The molecule has 38 heavy (non-hydrogen) atoms. The topological polar surface area (TPSA) is 86.7 Å². The van der Waals surface area contributed by atoms with Gasteiger partial charge < -0.3 is 9.47 Å². The third-order valence-corrected chi connectivity index (χ3v) is 9.09. The predicted octanol–water partition coefficient (Wildman–Crippen LogP) is 7.04. The molecule has 0 unspecified atom stereocenters. The van der Waals surface area contributed by atoms with Crippen molar-refractivity contribution in [2.75, 3.05) is 12.4 Å². The van der Waals surface area contributed by atoms with Gasteiger partial charge in [-0.15, -0.1) is 0 Å². The molecule has 2 aromatic rings. The normalized spacial score (nSPS) is 17.5. The molecule has 0 atom stereocenters. The fourth-order valence-corrected chi connectivity index (χ4v) is 6.43. The molecule has 2 aromatic carbocycles. The van der Waals surface area contributed by atoms with Gasteiger partial charge in [0.25, 0.3) is 0 Å². The van der Waals surface area contributed by atoms with Crippen LogP contribution in [0.4, 0.5) is 0 Å². The number of sulfone groups is 1. The van der Waals surface area contributed by atoms with Crippen LogP contribution in [-0.4, -0.2) is 32.7 Å². The molecule has 0 radical (unpaired) electrons. The number of rotatable bonds is 14. The van der Waals surface area contributed by atoms with Crippen molar-refractivity contribution in [2.24, 2.45) is 5.92 Å².